The minimum absolute atomic E-state index is 0. The van der Waals surface area contributed by atoms with Crippen LogP contribution >= 0.6 is 0 Å². The van der Waals surface area contributed by atoms with Crippen molar-refractivity contribution in [3.8, 4) is 0 Å². The van der Waals surface area contributed by atoms with E-state index in [1.165, 1.54) is 25.7 Å². The quantitative estimate of drug-likeness (QED) is 0.290. The number of unbranched alkanes of at least 4 members (excludes halogenated alkanes) is 9. The van der Waals surface area contributed by atoms with Gasteiger partial charge in [-0.25, -0.2) is 0 Å². The van der Waals surface area contributed by atoms with Gasteiger partial charge < -0.3 is 15.3 Å². The van der Waals surface area contributed by atoms with Gasteiger partial charge in [0, 0.05) is 57.8 Å². The Balaban J connectivity index is 0. The fourth-order valence-electron chi connectivity index (χ4n) is 2.68. The third-order valence-corrected chi connectivity index (χ3v) is 4.19. The number of hydrogen-bond acceptors (Lipinski definition) is 3. The zero-order valence-electron chi connectivity index (χ0n) is 15.3. The van der Waals surface area contributed by atoms with Crippen LogP contribution in [-0.2, 0) is 4.79 Å². The number of aliphatic hydroxyl groups is 2. The van der Waals surface area contributed by atoms with E-state index in [0.717, 1.165) is 44.9 Å². The van der Waals surface area contributed by atoms with Gasteiger partial charge >= 0.3 is 5.97 Å². The summed E-state index contributed by atoms with van der Waals surface area (Å²) in [6, 6.07) is 0. The second-order valence-corrected chi connectivity index (χ2v) is 6.39. The average Bonchev–Trinajstić information content (AvgIpc) is 2.49. The first kappa shape index (κ1) is 26.3. The van der Waals surface area contributed by atoms with Crippen molar-refractivity contribution in [1.29, 1.82) is 0 Å². The van der Waals surface area contributed by atoms with Gasteiger partial charge in [-0.05, 0) is 19.3 Å². The summed E-state index contributed by atoms with van der Waals surface area (Å²) in [5.41, 5.74) is 0. The number of carboxylic acids is 1. The predicted octanol–water partition coefficient (Wildman–Crippen LogP) is 3.89. The number of aliphatic carboxylic acids is 1. The van der Waals surface area contributed by atoms with E-state index in [0.29, 0.717) is 12.8 Å². The Hall–Kier alpha value is 1.03. The van der Waals surface area contributed by atoms with E-state index in [9.17, 15) is 15.0 Å². The monoisotopic (exact) mass is 355 g/mol. The maximum Gasteiger partial charge on any atom is 0.303 e. The molecule has 0 spiro atoms. The van der Waals surface area contributed by atoms with Crippen LogP contribution in [0.5, 0.6) is 0 Å². The smallest absolute Gasteiger partial charge is 0.303 e. The van der Waals surface area contributed by atoms with Gasteiger partial charge in [0.1, 0.15) is 0 Å². The van der Waals surface area contributed by atoms with Gasteiger partial charge in [0.25, 0.3) is 0 Å². The van der Waals surface area contributed by atoms with Crippen LogP contribution in [0.4, 0.5) is 0 Å². The van der Waals surface area contributed by atoms with Crippen molar-refractivity contribution >= 4 is 57.4 Å². The minimum atomic E-state index is -0.728. The molecular formula is C18H36KO4. The molecule has 0 aromatic rings. The van der Waals surface area contributed by atoms with Gasteiger partial charge in [-0.15, -0.1) is 0 Å². The van der Waals surface area contributed by atoms with Crippen LogP contribution in [0.15, 0.2) is 0 Å². The van der Waals surface area contributed by atoms with E-state index in [1.807, 2.05) is 0 Å². The molecule has 0 aliphatic rings. The molecule has 0 aromatic carbocycles. The molecule has 133 valence electrons. The standard InChI is InChI=1S/C18H36O4.K/c1-2-3-4-5-7-10-13-16(19)17(20)14-11-8-6-9-12-15-18(21)22;/h16-17,19-20H,2-15H2,1H3,(H,21,22);. The molecule has 0 amide bonds. The van der Waals surface area contributed by atoms with Crippen molar-refractivity contribution in [2.24, 2.45) is 0 Å². The molecular weight excluding hydrogens is 319 g/mol. The second-order valence-electron chi connectivity index (χ2n) is 6.39. The van der Waals surface area contributed by atoms with Gasteiger partial charge in [-0.1, -0.05) is 71.1 Å². The van der Waals surface area contributed by atoms with Crippen molar-refractivity contribution in [2.45, 2.75) is 109 Å². The molecule has 5 heteroatoms. The molecule has 0 aromatic heterocycles. The first-order valence-electron chi connectivity index (χ1n) is 9.15. The number of carbonyl (C=O) groups is 1. The first-order valence-corrected chi connectivity index (χ1v) is 9.15. The molecule has 0 saturated heterocycles. The van der Waals surface area contributed by atoms with Crippen LogP contribution in [0.25, 0.3) is 0 Å². The Morgan fingerprint density at radius 3 is 1.57 bits per heavy atom. The molecule has 0 fully saturated rings. The third kappa shape index (κ3) is 19.2. The minimum Gasteiger partial charge on any atom is -0.481 e. The fourth-order valence-corrected chi connectivity index (χ4v) is 2.68. The van der Waals surface area contributed by atoms with Gasteiger partial charge in [-0.3, -0.25) is 4.79 Å². The number of aliphatic hydroxyl groups excluding tert-OH is 2. The van der Waals surface area contributed by atoms with Crippen molar-refractivity contribution in [3.63, 3.8) is 0 Å². The van der Waals surface area contributed by atoms with E-state index in [4.69, 9.17) is 5.11 Å². The maximum atomic E-state index is 10.4. The molecule has 23 heavy (non-hydrogen) atoms. The van der Waals surface area contributed by atoms with Gasteiger partial charge in [0.15, 0.2) is 0 Å². The van der Waals surface area contributed by atoms with Crippen LogP contribution in [0.1, 0.15) is 96.8 Å². The van der Waals surface area contributed by atoms with Crippen molar-refractivity contribution in [2.75, 3.05) is 0 Å². The van der Waals surface area contributed by atoms with Crippen LogP contribution in [-0.4, -0.2) is 84.9 Å². The molecule has 2 unspecified atom stereocenters. The predicted molar refractivity (Wildman–Crippen MR) is 95.7 cm³/mol. The van der Waals surface area contributed by atoms with Gasteiger partial charge in [0.2, 0.25) is 0 Å². The Morgan fingerprint density at radius 1 is 0.739 bits per heavy atom. The van der Waals surface area contributed by atoms with Crippen molar-refractivity contribution < 1.29 is 20.1 Å². The van der Waals surface area contributed by atoms with E-state index in [1.54, 1.807) is 0 Å². The van der Waals surface area contributed by atoms with Crippen molar-refractivity contribution in [3.05, 3.63) is 0 Å². The van der Waals surface area contributed by atoms with E-state index in [-0.39, 0.29) is 57.8 Å². The Labute approximate surface area is 184 Å². The van der Waals surface area contributed by atoms with Crippen LogP contribution in [0.2, 0.25) is 0 Å². The SMILES string of the molecule is CCCCCCCCC(O)C(O)CCCCCCCC(=O)O.[K]. The summed E-state index contributed by atoms with van der Waals surface area (Å²) < 4.78 is 0. The zero-order valence-corrected chi connectivity index (χ0v) is 18.4. The largest absolute Gasteiger partial charge is 0.481 e. The molecule has 0 aliphatic carbocycles. The summed E-state index contributed by atoms with van der Waals surface area (Å²) in [7, 11) is 0. The Morgan fingerprint density at radius 2 is 1.13 bits per heavy atom. The van der Waals surface area contributed by atoms with E-state index >= 15 is 0 Å². The Kier molecular flexibility index (Phi) is 22.1. The number of carboxylic acid groups (broad SMARTS) is 1. The normalized spacial score (nSPS) is 13.3. The average molecular weight is 356 g/mol. The van der Waals surface area contributed by atoms with Gasteiger partial charge in [0.05, 0.1) is 12.2 Å². The summed E-state index contributed by atoms with van der Waals surface area (Å²) in [6.07, 6.45) is 12.2. The number of rotatable bonds is 16. The first-order chi connectivity index (χ1) is 10.6. The summed E-state index contributed by atoms with van der Waals surface area (Å²) in [5.74, 6) is -0.728. The topological polar surface area (TPSA) is 77.8 Å². The fraction of sp³-hybridized carbons (Fsp3) is 0.944. The van der Waals surface area contributed by atoms with E-state index in [2.05, 4.69) is 6.92 Å². The molecule has 0 bridgehead atoms. The van der Waals surface area contributed by atoms with Crippen LogP contribution in [0.3, 0.4) is 0 Å². The maximum absolute atomic E-state index is 10.4. The zero-order chi connectivity index (χ0) is 16.6. The number of hydrogen-bond donors (Lipinski definition) is 3. The molecule has 0 saturated carbocycles. The summed E-state index contributed by atoms with van der Waals surface area (Å²) >= 11 is 0. The summed E-state index contributed by atoms with van der Waals surface area (Å²) in [5, 5.41) is 28.3. The summed E-state index contributed by atoms with van der Waals surface area (Å²) in [4.78, 5) is 10.4. The molecule has 0 rings (SSSR count). The second kappa shape index (κ2) is 19.4. The molecule has 3 N–H and O–H groups in total. The Bertz CT molecular complexity index is 261. The van der Waals surface area contributed by atoms with Crippen LogP contribution < -0.4 is 0 Å². The van der Waals surface area contributed by atoms with Gasteiger partial charge in [-0.2, -0.15) is 0 Å². The molecule has 2 atom stereocenters. The summed E-state index contributed by atoms with van der Waals surface area (Å²) in [6.45, 7) is 2.20. The van der Waals surface area contributed by atoms with E-state index < -0.39 is 18.2 Å². The molecule has 1 radical (unpaired) electrons. The molecule has 0 aliphatic heterocycles. The molecule has 0 heterocycles. The molecule has 4 nitrogen and oxygen atoms in total. The van der Waals surface area contributed by atoms with Crippen molar-refractivity contribution in [1.82, 2.24) is 0 Å². The third-order valence-electron chi connectivity index (χ3n) is 4.19. The van der Waals surface area contributed by atoms with Crippen LogP contribution in [0, 0.1) is 0 Å².